The number of rotatable bonds is 7. The molecule has 1 aliphatic carbocycles. The number of hydrogen-bond acceptors (Lipinski definition) is 4. The van der Waals surface area contributed by atoms with E-state index in [4.69, 9.17) is 0 Å². The Morgan fingerprint density at radius 2 is 1.97 bits per heavy atom. The van der Waals surface area contributed by atoms with Crippen molar-refractivity contribution >= 4 is 28.8 Å². The topological polar surface area (TPSA) is 62.3 Å². The Bertz CT molecular complexity index is 1040. The van der Waals surface area contributed by atoms with Crippen LogP contribution in [-0.2, 0) is 16.0 Å². The fourth-order valence-electron chi connectivity index (χ4n) is 4.19. The first-order valence-corrected chi connectivity index (χ1v) is 11.8. The molecule has 1 fully saturated rings. The van der Waals surface area contributed by atoms with E-state index in [0.29, 0.717) is 11.3 Å². The van der Waals surface area contributed by atoms with Crippen molar-refractivity contribution in [1.82, 2.24) is 10.3 Å². The molecule has 0 radical (unpaired) electrons. The minimum Gasteiger partial charge on any atom is -0.351 e. The van der Waals surface area contributed by atoms with Crippen molar-refractivity contribution in [2.24, 2.45) is 0 Å². The first-order valence-electron chi connectivity index (χ1n) is 10.9. The molecule has 32 heavy (non-hydrogen) atoms. The van der Waals surface area contributed by atoms with Crippen LogP contribution in [0.15, 0.2) is 66.3 Å². The van der Waals surface area contributed by atoms with Gasteiger partial charge in [0.05, 0.1) is 6.42 Å². The van der Waals surface area contributed by atoms with E-state index in [2.05, 4.69) is 10.3 Å². The minimum absolute atomic E-state index is 0.0807. The molecular weight excluding hydrogens is 425 g/mol. The van der Waals surface area contributed by atoms with E-state index in [9.17, 15) is 14.0 Å². The fraction of sp³-hybridized carbons (Fsp3) is 0.320. The number of carbonyl (C=O) groups excluding carboxylic acids is 2. The average molecular weight is 452 g/mol. The van der Waals surface area contributed by atoms with Gasteiger partial charge in [0.2, 0.25) is 11.8 Å². The Morgan fingerprint density at radius 1 is 1.12 bits per heavy atom. The summed E-state index contributed by atoms with van der Waals surface area (Å²) < 4.78 is 14.2. The molecule has 0 unspecified atom stereocenters. The van der Waals surface area contributed by atoms with Gasteiger partial charge in [0.15, 0.2) is 0 Å². The standard InChI is InChI=1S/C25H26FN3O2S/c26-19-8-4-11-21(15-19)29(23(30)16-22-12-6-14-32-22)24(18-7-5-13-27-17-18)25(31)28-20-9-2-1-3-10-20/h4-8,11-15,17,20,24H,1-3,9-10,16H2,(H,28,31)/t24-/m1/s1. The fourth-order valence-corrected chi connectivity index (χ4v) is 4.89. The van der Waals surface area contributed by atoms with Gasteiger partial charge in [-0.15, -0.1) is 11.3 Å². The number of aromatic nitrogens is 1. The van der Waals surface area contributed by atoms with Crippen LogP contribution in [0.1, 0.15) is 48.6 Å². The summed E-state index contributed by atoms with van der Waals surface area (Å²) >= 11 is 1.48. The molecular formula is C25H26FN3O2S. The van der Waals surface area contributed by atoms with Crippen LogP contribution in [0.5, 0.6) is 0 Å². The van der Waals surface area contributed by atoms with Crippen LogP contribution >= 0.6 is 11.3 Å². The predicted molar refractivity (Wildman–Crippen MR) is 124 cm³/mol. The van der Waals surface area contributed by atoms with Crippen LogP contribution in [0.4, 0.5) is 10.1 Å². The van der Waals surface area contributed by atoms with Crippen LogP contribution in [0.2, 0.25) is 0 Å². The average Bonchev–Trinajstić information content (AvgIpc) is 3.31. The van der Waals surface area contributed by atoms with Gasteiger partial charge < -0.3 is 5.32 Å². The molecule has 166 valence electrons. The number of nitrogens with one attached hydrogen (secondary N) is 1. The lowest BCUT2D eigenvalue weighted by atomic mass is 9.94. The lowest BCUT2D eigenvalue weighted by Gasteiger charge is -2.33. The van der Waals surface area contributed by atoms with Gasteiger partial charge in [-0.3, -0.25) is 19.5 Å². The zero-order valence-corrected chi connectivity index (χ0v) is 18.6. The van der Waals surface area contributed by atoms with Crippen LogP contribution in [0.25, 0.3) is 0 Å². The summed E-state index contributed by atoms with van der Waals surface area (Å²) in [5.74, 6) is -1.01. The normalized spacial score (nSPS) is 15.2. The molecule has 2 heterocycles. The number of nitrogens with zero attached hydrogens (tertiary/aromatic N) is 2. The first-order chi connectivity index (χ1) is 15.6. The van der Waals surface area contributed by atoms with Crippen molar-refractivity contribution in [3.8, 4) is 0 Å². The number of amides is 2. The van der Waals surface area contributed by atoms with Crippen LogP contribution in [-0.4, -0.2) is 22.8 Å². The van der Waals surface area contributed by atoms with E-state index >= 15 is 0 Å². The number of benzene rings is 1. The van der Waals surface area contributed by atoms with Gasteiger partial charge >= 0.3 is 0 Å². The summed E-state index contributed by atoms with van der Waals surface area (Å²) in [6.07, 6.45) is 8.52. The summed E-state index contributed by atoms with van der Waals surface area (Å²) in [7, 11) is 0. The third kappa shape index (κ3) is 5.40. The van der Waals surface area contributed by atoms with E-state index in [1.54, 1.807) is 36.7 Å². The SMILES string of the molecule is O=C(NC1CCCCC1)[C@@H](c1cccnc1)N(C(=O)Cc1cccs1)c1cccc(F)c1. The molecule has 2 aromatic heterocycles. The molecule has 0 saturated heterocycles. The van der Waals surface area contributed by atoms with E-state index in [-0.39, 0.29) is 24.3 Å². The van der Waals surface area contributed by atoms with Crippen molar-refractivity contribution in [2.75, 3.05) is 4.90 Å². The minimum atomic E-state index is -0.945. The largest absolute Gasteiger partial charge is 0.351 e. The molecule has 1 atom stereocenters. The number of anilines is 1. The third-order valence-electron chi connectivity index (χ3n) is 5.72. The second kappa shape index (κ2) is 10.5. The molecule has 0 bridgehead atoms. The number of carbonyl (C=O) groups is 2. The molecule has 4 rings (SSSR count). The monoisotopic (exact) mass is 451 g/mol. The molecule has 1 aromatic carbocycles. The summed E-state index contributed by atoms with van der Waals surface area (Å²) in [4.78, 5) is 33.6. The van der Waals surface area contributed by atoms with Crippen molar-refractivity contribution in [1.29, 1.82) is 0 Å². The van der Waals surface area contributed by atoms with Crippen LogP contribution in [0.3, 0.4) is 0 Å². The second-order valence-corrected chi connectivity index (χ2v) is 9.06. The molecule has 5 nitrogen and oxygen atoms in total. The molecule has 1 aliphatic rings. The molecule has 0 spiro atoms. The van der Waals surface area contributed by atoms with Crippen molar-refractivity contribution < 1.29 is 14.0 Å². The third-order valence-corrected chi connectivity index (χ3v) is 6.60. The molecule has 1 N–H and O–H groups in total. The van der Waals surface area contributed by atoms with Gasteiger partial charge in [0, 0.05) is 34.6 Å². The van der Waals surface area contributed by atoms with Gasteiger partial charge in [0.1, 0.15) is 11.9 Å². The highest BCUT2D eigenvalue weighted by Gasteiger charge is 2.34. The highest BCUT2D eigenvalue weighted by Crippen LogP contribution is 2.30. The highest BCUT2D eigenvalue weighted by molar-refractivity contribution is 7.10. The summed E-state index contributed by atoms with van der Waals surface area (Å²) in [5, 5.41) is 5.05. The lowest BCUT2D eigenvalue weighted by Crippen LogP contribution is -2.47. The Labute approximate surface area is 191 Å². The lowest BCUT2D eigenvalue weighted by molar-refractivity contribution is -0.127. The summed E-state index contributed by atoms with van der Waals surface area (Å²) in [5.41, 5.74) is 0.934. The van der Waals surface area contributed by atoms with Gasteiger partial charge in [-0.05, 0) is 48.6 Å². The maximum Gasteiger partial charge on any atom is 0.248 e. The predicted octanol–water partition coefficient (Wildman–Crippen LogP) is 5.05. The van der Waals surface area contributed by atoms with Crippen molar-refractivity contribution in [2.45, 2.75) is 50.6 Å². The molecule has 1 saturated carbocycles. The Morgan fingerprint density at radius 3 is 2.66 bits per heavy atom. The number of thiophene rings is 1. The molecule has 3 aromatic rings. The maximum atomic E-state index is 14.2. The second-order valence-electron chi connectivity index (χ2n) is 8.03. The zero-order valence-electron chi connectivity index (χ0n) is 17.7. The summed E-state index contributed by atoms with van der Waals surface area (Å²) in [6, 6.07) is 12.3. The smallest absolute Gasteiger partial charge is 0.248 e. The molecule has 2 amide bonds. The zero-order chi connectivity index (χ0) is 22.3. The number of halogens is 1. The first kappa shape index (κ1) is 22.1. The quantitative estimate of drug-likeness (QED) is 0.547. The van der Waals surface area contributed by atoms with Gasteiger partial charge in [-0.25, -0.2) is 4.39 Å². The van der Waals surface area contributed by atoms with Crippen molar-refractivity contribution in [3.05, 3.63) is 82.6 Å². The Balaban J connectivity index is 1.72. The Kier molecular flexibility index (Phi) is 7.27. The van der Waals surface area contributed by atoms with E-state index in [1.807, 2.05) is 17.5 Å². The highest BCUT2D eigenvalue weighted by atomic mass is 32.1. The Hall–Kier alpha value is -3.06. The van der Waals surface area contributed by atoms with E-state index < -0.39 is 11.9 Å². The van der Waals surface area contributed by atoms with Crippen LogP contribution < -0.4 is 10.2 Å². The molecule has 0 aliphatic heterocycles. The maximum absolute atomic E-state index is 14.2. The van der Waals surface area contributed by atoms with Gasteiger partial charge in [-0.2, -0.15) is 0 Å². The number of pyridine rings is 1. The molecule has 7 heteroatoms. The van der Waals surface area contributed by atoms with Gasteiger partial charge in [0.25, 0.3) is 0 Å². The van der Waals surface area contributed by atoms with E-state index in [0.717, 1.165) is 30.6 Å². The van der Waals surface area contributed by atoms with Crippen LogP contribution in [0, 0.1) is 5.82 Å². The van der Waals surface area contributed by atoms with Crippen molar-refractivity contribution in [3.63, 3.8) is 0 Å². The number of hydrogen-bond donors (Lipinski definition) is 1. The van der Waals surface area contributed by atoms with Gasteiger partial charge in [-0.1, -0.05) is 37.5 Å². The van der Waals surface area contributed by atoms with E-state index in [1.165, 1.54) is 34.8 Å². The summed E-state index contributed by atoms with van der Waals surface area (Å²) in [6.45, 7) is 0.